The summed E-state index contributed by atoms with van der Waals surface area (Å²) in [5.74, 6) is 0.473. The van der Waals surface area contributed by atoms with Crippen LogP contribution in [0, 0.1) is 5.92 Å². The number of hydrogen-bond donors (Lipinski definition) is 2. The van der Waals surface area contributed by atoms with Gasteiger partial charge in [0.2, 0.25) is 7.37 Å². The van der Waals surface area contributed by atoms with Gasteiger partial charge in [0.05, 0.1) is 5.52 Å². The summed E-state index contributed by atoms with van der Waals surface area (Å²) in [6.45, 7) is 1.53. The van der Waals surface area contributed by atoms with E-state index < -0.39 is 7.37 Å². The summed E-state index contributed by atoms with van der Waals surface area (Å²) in [4.78, 5) is 14.6. The van der Waals surface area contributed by atoms with E-state index in [9.17, 15) is 9.46 Å². The van der Waals surface area contributed by atoms with Gasteiger partial charge in [0.25, 0.3) is 0 Å². The van der Waals surface area contributed by atoms with Crippen LogP contribution in [0.15, 0.2) is 36.5 Å². The molecule has 1 aromatic heterocycles. The molecule has 1 fully saturated rings. The first kappa shape index (κ1) is 18.6. The topological polar surface area (TPSA) is 62.2 Å². The van der Waals surface area contributed by atoms with Crippen molar-refractivity contribution in [3.63, 3.8) is 0 Å². The van der Waals surface area contributed by atoms with Crippen LogP contribution in [-0.2, 0) is 11.1 Å². The minimum absolute atomic E-state index is 0.438. The molecule has 1 aliphatic carbocycles. The molecule has 3 rings (SSSR count). The molecule has 2 N–H and O–H groups in total. The Morgan fingerprint density at radius 2 is 1.96 bits per heavy atom. The standard InChI is InChI=1S/C20H29N2O2P/c23-25(24,16-17-7-2-1-3-8-17)14-6-12-21-15-18-11-13-22-20-10-5-4-9-19(18)20/h4-5,9-11,13,17,21H,1-3,6-8,12,14-16H2,(H,23,24). The quantitative estimate of drug-likeness (QED) is 0.535. The molecule has 0 aliphatic heterocycles. The molecule has 25 heavy (non-hydrogen) atoms. The monoisotopic (exact) mass is 360 g/mol. The molecule has 0 bridgehead atoms. The van der Waals surface area contributed by atoms with Gasteiger partial charge in [0, 0.05) is 30.5 Å². The van der Waals surface area contributed by atoms with E-state index in [0.29, 0.717) is 18.2 Å². The normalized spacial score (nSPS) is 18.3. The summed E-state index contributed by atoms with van der Waals surface area (Å²) in [5, 5.41) is 4.58. The van der Waals surface area contributed by atoms with E-state index in [1.165, 1.54) is 30.2 Å². The second kappa shape index (κ2) is 8.93. The molecule has 0 spiro atoms. The van der Waals surface area contributed by atoms with Gasteiger partial charge < -0.3 is 10.2 Å². The highest BCUT2D eigenvalue weighted by Gasteiger charge is 2.24. The van der Waals surface area contributed by atoms with Gasteiger partial charge in [-0.3, -0.25) is 9.55 Å². The average molecular weight is 360 g/mol. The van der Waals surface area contributed by atoms with Crippen LogP contribution in [0.25, 0.3) is 10.9 Å². The first-order valence-electron chi connectivity index (χ1n) is 9.48. The van der Waals surface area contributed by atoms with Gasteiger partial charge >= 0.3 is 0 Å². The van der Waals surface area contributed by atoms with Gasteiger partial charge in [0.15, 0.2) is 0 Å². The van der Waals surface area contributed by atoms with Crippen LogP contribution in [0.1, 0.15) is 44.1 Å². The molecule has 1 atom stereocenters. The lowest BCUT2D eigenvalue weighted by molar-refractivity contribution is 0.372. The highest BCUT2D eigenvalue weighted by atomic mass is 31.2. The van der Waals surface area contributed by atoms with E-state index in [1.807, 2.05) is 30.5 Å². The summed E-state index contributed by atoms with van der Waals surface area (Å²) >= 11 is 0. The second-order valence-corrected chi connectivity index (χ2v) is 9.78. The summed E-state index contributed by atoms with van der Waals surface area (Å²) < 4.78 is 12.4. The fourth-order valence-corrected chi connectivity index (χ4v) is 5.85. The maximum atomic E-state index is 12.4. The molecule has 0 saturated heterocycles. The molecule has 2 aromatic rings. The zero-order chi connectivity index (χ0) is 17.5. The Hall–Kier alpha value is -1.22. The lowest BCUT2D eigenvalue weighted by Crippen LogP contribution is -2.17. The predicted molar refractivity (Wildman–Crippen MR) is 104 cm³/mol. The SMILES string of the molecule is O=P(O)(CCCNCc1ccnc2ccccc12)CC1CCCCC1. The fourth-order valence-electron chi connectivity index (χ4n) is 3.85. The number of benzene rings is 1. The zero-order valence-corrected chi connectivity index (χ0v) is 15.8. The minimum Gasteiger partial charge on any atom is -0.344 e. The number of nitrogens with one attached hydrogen (secondary N) is 1. The number of hydrogen-bond acceptors (Lipinski definition) is 3. The van der Waals surface area contributed by atoms with Crippen LogP contribution in [0.3, 0.4) is 0 Å². The lowest BCUT2D eigenvalue weighted by Gasteiger charge is -2.24. The van der Waals surface area contributed by atoms with Gasteiger partial charge in [-0.05, 0) is 49.4 Å². The lowest BCUT2D eigenvalue weighted by atomic mass is 9.91. The smallest absolute Gasteiger partial charge is 0.200 e. The Labute approximate surface area is 150 Å². The minimum atomic E-state index is -2.96. The molecular weight excluding hydrogens is 331 g/mol. The van der Waals surface area contributed by atoms with Gasteiger partial charge in [0.1, 0.15) is 0 Å². The van der Waals surface area contributed by atoms with Gasteiger partial charge in [-0.2, -0.15) is 0 Å². The number of nitrogens with zero attached hydrogens (tertiary/aromatic N) is 1. The molecule has 1 unspecified atom stereocenters. The third-order valence-electron chi connectivity index (χ3n) is 5.18. The Kier molecular flexibility index (Phi) is 6.63. The van der Waals surface area contributed by atoms with Crippen LogP contribution in [0.2, 0.25) is 0 Å². The first-order chi connectivity index (χ1) is 12.1. The largest absolute Gasteiger partial charge is 0.344 e. The third kappa shape index (κ3) is 5.64. The second-order valence-electron chi connectivity index (χ2n) is 7.27. The Morgan fingerprint density at radius 3 is 2.80 bits per heavy atom. The number of aromatic nitrogens is 1. The number of rotatable bonds is 8. The Bertz CT molecular complexity index is 723. The zero-order valence-electron chi connectivity index (χ0n) is 14.9. The third-order valence-corrected chi connectivity index (χ3v) is 7.29. The van der Waals surface area contributed by atoms with Crippen molar-refractivity contribution in [3.05, 3.63) is 42.1 Å². The van der Waals surface area contributed by atoms with Crippen LogP contribution in [0.5, 0.6) is 0 Å². The van der Waals surface area contributed by atoms with Crippen LogP contribution < -0.4 is 5.32 Å². The van der Waals surface area contributed by atoms with Crippen molar-refractivity contribution in [2.45, 2.75) is 45.1 Å². The first-order valence-corrected chi connectivity index (χ1v) is 11.5. The van der Waals surface area contributed by atoms with Crippen LogP contribution in [-0.4, -0.2) is 28.7 Å². The molecule has 5 heteroatoms. The van der Waals surface area contributed by atoms with Crippen LogP contribution >= 0.6 is 7.37 Å². The molecule has 1 heterocycles. The van der Waals surface area contributed by atoms with E-state index in [4.69, 9.17) is 0 Å². The molecular formula is C20H29N2O2P. The summed E-state index contributed by atoms with van der Waals surface area (Å²) in [6.07, 6.45) is 9.58. The summed E-state index contributed by atoms with van der Waals surface area (Å²) in [7, 11) is -2.96. The van der Waals surface area contributed by atoms with Crippen molar-refractivity contribution in [2.24, 2.45) is 5.92 Å². The predicted octanol–water partition coefficient (Wildman–Crippen LogP) is 4.57. The Balaban J connectivity index is 1.41. The maximum Gasteiger partial charge on any atom is 0.200 e. The van der Waals surface area contributed by atoms with Crippen molar-refractivity contribution >= 4 is 18.3 Å². The maximum absolute atomic E-state index is 12.4. The fraction of sp³-hybridized carbons (Fsp3) is 0.550. The Morgan fingerprint density at radius 1 is 1.16 bits per heavy atom. The molecule has 4 nitrogen and oxygen atoms in total. The van der Waals surface area contributed by atoms with E-state index in [-0.39, 0.29) is 0 Å². The number of fused-ring (bicyclic) bond motifs is 1. The molecule has 136 valence electrons. The van der Waals surface area contributed by atoms with Crippen molar-refractivity contribution in [2.75, 3.05) is 18.9 Å². The summed E-state index contributed by atoms with van der Waals surface area (Å²) in [6, 6.07) is 10.2. The van der Waals surface area contributed by atoms with Gasteiger partial charge in [-0.25, -0.2) is 0 Å². The van der Waals surface area contributed by atoms with E-state index in [0.717, 1.165) is 37.9 Å². The van der Waals surface area contributed by atoms with Crippen molar-refractivity contribution in [1.82, 2.24) is 10.3 Å². The van der Waals surface area contributed by atoms with Crippen molar-refractivity contribution in [1.29, 1.82) is 0 Å². The molecule has 0 radical (unpaired) electrons. The highest BCUT2D eigenvalue weighted by Crippen LogP contribution is 2.45. The molecule has 1 aromatic carbocycles. The number of para-hydroxylation sites is 1. The summed E-state index contributed by atoms with van der Waals surface area (Å²) in [5.41, 5.74) is 2.23. The average Bonchev–Trinajstić information content (AvgIpc) is 2.62. The molecule has 0 amide bonds. The van der Waals surface area contributed by atoms with E-state index in [2.05, 4.69) is 16.4 Å². The number of pyridine rings is 1. The highest BCUT2D eigenvalue weighted by molar-refractivity contribution is 7.57. The van der Waals surface area contributed by atoms with E-state index in [1.54, 1.807) is 0 Å². The van der Waals surface area contributed by atoms with Crippen molar-refractivity contribution in [3.8, 4) is 0 Å². The van der Waals surface area contributed by atoms with Gasteiger partial charge in [-0.15, -0.1) is 0 Å². The van der Waals surface area contributed by atoms with E-state index >= 15 is 0 Å². The van der Waals surface area contributed by atoms with Gasteiger partial charge in [-0.1, -0.05) is 37.5 Å². The molecule has 1 aliphatic rings. The van der Waals surface area contributed by atoms with Crippen LogP contribution in [0.4, 0.5) is 0 Å². The van der Waals surface area contributed by atoms with Crippen molar-refractivity contribution < 1.29 is 9.46 Å². The molecule has 1 saturated carbocycles.